The Morgan fingerprint density at radius 3 is 2.63 bits per heavy atom. The summed E-state index contributed by atoms with van der Waals surface area (Å²) in [5, 5.41) is 14.0. The Balaban J connectivity index is 1.82. The van der Waals surface area contributed by atoms with Gasteiger partial charge in [-0.05, 0) is 30.5 Å². The predicted octanol–water partition coefficient (Wildman–Crippen LogP) is 2.87. The summed E-state index contributed by atoms with van der Waals surface area (Å²) in [5.41, 5.74) is 0.659. The van der Waals surface area contributed by atoms with E-state index in [-0.39, 0.29) is 11.7 Å². The molecule has 2 atom stereocenters. The van der Waals surface area contributed by atoms with E-state index in [0.29, 0.717) is 36.5 Å². The number of halogens is 1. The molecule has 2 aliphatic heterocycles. The summed E-state index contributed by atoms with van der Waals surface area (Å²) in [7, 11) is 0. The van der Waals surface area contributed by atoms with Crippen LogP contribution >= 0.6 is 23.4 Å². The maximum atomic E-state index is 13.5. The molecule has 1 fully saturated rings. The van der Waals surface area contributed by atoms with E-state index in [4.69, 9.17) is 11.6 Å². The highest BCUT2D eigenvalue weighted by atomic mass is 35.5. The van der Waals surface area contributed by atoms with E-state index in [9.17, 15) is 14.9 Å². The molecule has 140 valence electrons. The molecule has 1 N–H and O–H groups in total. The van der Waals surface area contributed by atoms with E-state index in [1.807, 2.05) is 23.9 Å². The van der Waals surface area contributed by atoms with Gasteiger partial charge in [0.15, 0.2) is 5.78 Å². The zero-order valence-corrected chi connectivity index (χ0v) is 16.4. The van der Waals surface area contributed by atoms with Gasteiger partial charge in [-0.15, -0.1) is 0 Å². The molecule has 1 saturated heterocycles. The third-order valence-electron chi connectivity index (χ3n) is 5.54. The molecule has 1 aliphatic carbocycles. The minimum atomic E-state index is -1.47. The summed E-state index contributed by atoms with van der Waals surface area (Å²) in [6.45, 7) is 1.25. The third kappa shape index (κ3) is 3.03. The Morgan fingerprint density at radius 2 is 1.96 bits per heavy atom. The van der Waals surface area contributed by atoms with Gasteiger partial charge in [-0.2, -0.15) is 17.0 Å². The lowest BCUT2D eigenvalue weighted by Gasteiger charge is -2.36. The zero-order chi connectivity index (χ0) is 19.0. The Labute approximate surface area is 167 Å². The lowest BCUT2D eigenvalue weighted by Crippen LogP contribution is -2.59. The van der Waals surface area contributed by atoms with Gasteiger partial charge >= 0.3 is 0 Å². The number of hydrogen-bond acceptors (Lipinski definition) is 5. The smallest absolute Gasteiger partial charge is 0.264 e. The first kappa shape index (κ1) is 18.4. The highest BCUT2D eigenvalue weighted by Gasteiger charge is 2.57. The minimum Gasteiger partial charge on any atom is -0.362 e. The van der Waals surface area contributed by atoms with Crippen LogP contribution in [-0.4, -0.2) is 46.7 Å². The topological polar surface area (TPSA) is 73.2 Å². The molecule has 3 aliphatic rings. The summed E-state index contributed by atoms with van der Waals surface area (Å²) in [5.74, 6) is 0.926. The molecule has 0 aromatic heterocycles. The zero-order valence-electron chi connectivity index (χ0n) is 14.8. The van der Waals surface area contributed by atoms with Crippen molar-refractivity contribution >= 4 is 35.1 Å². The van der Waals surface area contributed by atoms with Crippen LogP contribution in [0.4, 0.5) is 0 Å². The van der Waals surface area contributed by atoms with Crippen LogP contribution in [0.3, 0.4) is 0 Å². The maximum Gasteiger partial charge on any atom is 0.264 e. The molecule has 0 bridgehead atoms. The number of rotatable bonds is 2. The van der Waals surface area contributed by atoms with Crippen LogP contribution in [0.5, 0.6) is 0 Å². The SMILES string of the molecule is N#CC1(C(=O)N2CCSCC2)NC2=C(C(=O)CCC2)C1c1ccc(Cl)cc1. The largest absolute Gasteiger partial charge is 0.362 e. The quantitative estimate of drug-likeness (QED) is 0.824. The maximum absolute atomic E-state index is 13.5. The van der Waals surface area contributed by atoms with E-state index < -0.39 is 11.5 Å². The number of carbonyl (C=O) groups is 2. The number of benzene rings is 1. The van der Waals surface area contributed by atoms with Crippen molar-refractivity contribution < 1.29 is 9.59 Å². The Kier molecular flexibility index (Phi) is 4.92. The van der Waals surface area contributed by atoms with Crippen molar-refractivity contribution in [1.29, 1.82) is 5.26 Å². The average molecular weight is 402 g/mol. The van der Waals surface area contributed by atoms with Gasteiger partial charge in [-0.25, -0.2) is 0 Å². The molecule has 4 rings (SSSR count). The number of ketones is 1. The Hall–Kier alpha value is -1.97. The molecule has 1 aromatic rings. The standard InChI is InChI=1S/C20H20ClN3O2S/c21-14-6-4-13(5-7-14)18-17-15(2-1-3-16(17)25)23-20(18,12-22)19(26)24-8-10-27-11-9-24/h4-7,18,23H,1-3,8-11H2. The molecular formula is C20H20ClN3O2S. The number of amides is 1. The first-order chi connectivity index (χ1) is 13.1. The summed E-state index contributed by atoms with van der Waals surface area (Å²) >= 11 is 7.84. The van der Waals surface area contributed by atoms with Crippen molar-refractivity contribution in [1.82, 2.24) is 10.2 Å². The van der Waals surface area contributed by atoms with Gasteiger partial charge in [0.05, 0.1) is 5.92 Å². The number of carbonyl (C=O) groups excluding carboxylic acids is 2. The molecular weight excluding hydrogens is 382 g/mol. The minimum absolute atomic E-state index is 0.0304. The van der Waals surface area contributed by atoms with Crippen molar-refractivity contribution in [2.75, 3.05) is 24.6 Å². The molecule has 0 spiro atoms. The van der Waals surface area contributed by atoms with Crippen LogP contribution in [-0.2, 0) is 9.59 Å². The first-order valence-corrected chi connectivity index (χ1v) is 10.7. The average Bonchev–Trinajstić information content (AvgIpc) is 3.05. The molecule has 1 amide bonds. The Bertz CT molecular complexity index is 855. The van der Waals surface area contributed by atoms with Gasteiger partial charge in [-0.1, -0.05) is 23.7 Å². The van der Waals surface area contributed by atoms with E-state index >= 15 is 0 Å². The number of nitrogens with zero attached hydrogens (tertiary/aromatic N) is 2. The molecule has 2 unspecified atom stereocenters. The second-order valence-corrected chi connectivity index (χ2v) is 8.76. The number of allylic oxidation sites excluding steroid dienone is 1. The second-order valence-electron chi connectivity index (χ2n) is 7.10. The van der Waals surface area contributed by atoms with Crippen LogP contribution in [0.15, 0.2) is 35.5 Å². The van der Waals surface area contributed by atoms with Crippen LogP contribution in [0.25, 0.3) is 0 Å². The van der Waals surface area contributed by atoms with Gasteiger partial charge in [0.1, 0.15) is 6.07 Å². The van der Waals surface area contributed by atoms with Gasteiger partial charge < -0.3 is 10.2 Å². The number of nitrogens with one attached hydrogen (secondary N) is 1. The monoisotopic (exact) mass is 401 g/mol. The van der Waals surface area contributed by atoms with Crippen LogP contribution in [0.1, 0.15) is 30.7 Å². The summed E-state index contributed by atoms with van der Waals surface area (Å²) in [6, 6.07) is 9.40. The van der Waals surface area contributed by atoms with E-state index in [0.717, 1.165) is 29.2 Å². The van der Waals surface area contributed by atoms with Crippen molar-refractivity contribution in [2.24, 2.45) is 0 Å². The van der Waals surface area contributed by atoms with Crippen molar-refractivity contribution in [2.45, 2.75) is 30.7 Å². The highest BCUT2D eigenvalue weighted by Crippen LogP contribution is 2.46. The molecule has 0 radical (unpaired) electrons. The van der Waals surface area contributed by atoms with Crippen LogP contribution < -0.4 is 5.32 Å². The van der Waals surface area contributed by atoms with Crippen molar-refractivity contribution in [3.8, 4) is 6.07 Å². The van der Waals surface area contributed by atoms with Gasteiger partial charge in [0.2, 0.25) is 5.54 Å². The fourth-order valence-electron chi connectivity index (χ4n) is 4.26. The van der Waals surface area contributed by atoms with E-state index in [1.54, 1.807) is 17.0 Å². The molecule has 2 heterocycles. The molecule has 5 nitrogen and oxygen atoms in total. The fourth-order valence-corrected chi connectivity index (χ4v) is 5.29. The van der Waals surface area contributed by atoms with Gasteiger partial charge in [0, 0.05) is 47.3 Å². The number of nitriles is 1. The molecule has 7 heteroatoms. The van der Waals surface area contributed by atoms with Gasteiger partial charge in [-0.3, -0.25) is 9.59 Å². The number of hydrogen-bond donors (Lipinski definition) is 1. The van der Waals surface area contributed by atoms with Crippen LogP contribution in [0, 0.1) is 11.3 Å². The summed E-state index contributed by atoms with van der Waals surface area (Å²) in [6.07, 6.45) is 1.90. The lowest BCUT2D eigenvalue weighted by molar-refractivity contribution is -0.135. The van der Waals surface area contributed by atoms with Crippen molar-refractivity contribution in [3.63, 3.8) is 0 Å². The van der Waals surface area contributed by atoms with Crippen molar-refractivity contribution in [3.05, 3.63) is 46.1 Å². The number of Topliss-reactive ketones (excluding diaryl/α,β-unsaturated/α-hetero) is 1. The predicted molar refractivity (Wildman–Crippen MR) is 105 cm³/mol. The van der Waals surface area contributed by atoms with Crippen LogP contribution in [0.2, 0.25) is 5.02 Å². The van der Waals surface area contributed by atoms with E-state index in [1.165, 1.54) is 0 Å². The second kappa shape index (κ2) is 7.21. The highest BCUT2D eigenvalue weighted by molar-refractivity contribution is 7.99. The fraction of sp³-hybridized carbons (Fsp3) is 0.450. The molecule has 1 aromatic carbocycles. The van der Waals surface area contributed by atoms with E-state index in [2.05, 4.69) is 11.4 Å². The summed E-state index contributed by atoms with van der Waals surface area (Å²) in [4.78, 5) is 28.1. The third-order valence-corrected chi connectivity index (χ3v) is 6.74. The molecule has 27 heavy (non-hydrogen) atoms. The summed E-state index contributed by atoms with van der Waals surface area (Å²) < 4.78 is 0. The normalized spacial score (nSPS) is 27.8. The number of thioether (sulfide) groups is 1. The lowest BCUT2D eigenvalue weighted by atomic mass is 9.74. The van der Waals surface area contributed by atoms with Gasteiger partial charge in [0.25, 0.3) is 5.91 Å². The molecule has 0 saturated carbocycles. The first-order valence-electron chi connectivity index (χ1n) is 9.15. The Morgan fingerprint density at radius 1 is 1.26 bits per heavy atom.